The average Bonchev–Trinajstić information content (AvgIpc) is 2.59. The van der Waals surface area contributed by atoms with E-state index >= 15 is 0 Å². The Morgan fingerprint density at radius 3 is 2.64 bits per heavy atom. The van der Waals surface area contributed by atoms with Gasteiger partial charge in [-0.05, 0) is 6.26 Å². The van der Waals surface area contributed by atoms with Gasteiger partial charge in [0.25, 0.3) is 0 Å². The molecular weight excluding hydrogens is 204 g/mol. The molecule has 0 aliphatic rings. The molecule has 0 spiro atoms. The second-order valence-electron chi connectivity index (χ2n) is 2.73. The Morgan fingerprint density at radius 1 is 1.43 bits per heavy atom. The predicted octanol–water partition coefficient (Wildman–Crippen LogP) is 0.992. The lowest BCUT2D eigenvalue weighted by Crippen LogP contribution is -1.97. The number of carbonyl (C=O) groups is 1. The van der Waals surface area contributed by atoms with Crippen LogP contribution < -0.4 is 0 Å². The number of hydrogen-bond acceptors (Lipinski definition) is 5. The van der Waals surface area contributed by atoms with Gasteiger partial charge < -0.3 is 9.52 Å². The van der Waals surface area contributed by atoms with Crippen molar-refractivity contribution in [3.63, 3.8) is 0 Å². The van der Waals surface area contributed by atoms with E-state index < -0.39 is 5.97 Å². The number of carboxylic acids is 1. The summed E-state index contributed by atoms with van der Waals surface area (Å²) < 4.78 is 5.24. The van der Waals surface area contributed by atoms with Crippen LogP contribution >= 0.6 is 11.8 Å². The molecule has 1 aromatic heterocycles. The summed E-state index contributed by atoms with van der Waals surface area (Å²) in [5, 5.41) is 16.0. The number of nitrogens with zero attached hydrogens (tertiary/aromatic N) is 2. The minimum atomic E-state index is -0.853. The number of aryl methyl sites for hydroxylation is 2. The standard InChI is InChI=1S/C8H12N2O3S/c1-14-5-4-7-10-9-6(13-7)2-3-8(11)12/h2-5H2,1H3,(H,11,12). The van der Waals surface area contributed by atoms with Gasteiger partial charge in [-0.25, -0.2) is 0 Å². The quantitative estimate of drug-likeness (QED) is 0.764. The van der Waals surface area contributed by atoms with Gasteiger partial charge in [0, 0.05) is 18.6 Å². The SMILES string of the molecule is CSCCc1nnc(CCC(=O)O)o1. The molecule has 1 aromatic rings. The van der Waals surface area contributed by atoms with Gasteiger partial charge in [-0.2, -0.15) is 11.8 Å². The van der Waals surface area contributed by atoms with Crippen molar-refractivity contribution < 1.29 is 14.3 Å². The highest BCUT2D eigenvalue weighted by Crippen LogP contribution is 2.05. The molecule has 0 aliphatic heterocycles. The van der Waals surface area contributed by atoms with Crippen LogP contribution in [-0.2, 0) is 17.6 Å². The molecule has 0 fully saturated rings. The highest BCUT2D eigenvalue weighted by molar-refractivity contribution is 7.98. The molecule has 0 amide bonds. The molecule has 0 unspecified atom stereocenters. The third kappa shape index (κ3) is 3.78. The largest absolute Gasteiger partial charge is 0.481 e. The molecule has 0 radical (unpaired) electrons. The molecule has 14 heavy (non-hydrogen) atoms. The van der Waals surface area contributed by atoms with E-state index in [1.54, 1.807) is 11.8 Å². The topological polar surface area (TPSA) is 76.2 Å². The summed E-state index contributed by atoms with van der Waals surface area (Å²) in [7, 11) is 0. The Bertz CT molecular complexity index is 301. The van der Waals surface area contributed by atoms with Gasteiger partial charge in [-0.1, -0.05) is 0 Å². The number of aromatic nitrogens is 2. The van der Waals surface area contributed by atoms with Gasteiger partial charge in [-0.15, -0.1) is 10.2 Å². The smallest absolute Gasteiger partial charge is 0.303 e. The van der Waals surface area contributed by atoms with Gasteiger partial charge >= 0.3 is 5.97 Å². The van der Waals surface area contributed by atoms with E-state index in [2.05, 4.69) is 10.2 Å². The summed E-state index contributed by atoms with van der Waals surface area (Å²) in [6.07, 6.45) is 3.08. The Kier molecular flexibility index (Phi) is 4.45. The van der Waals surface area contributed by atoms with E-state index in [0.717, 1.165) is 12.2 Å². The van der Waals surface area contributed by atoms with Crippen molar-refractivity contribution in [1.29, 1.82) is 0 Å². The maximum absolute atomic E-state index is 10.3. The van der Waals surface area contributed by atoms with Crippen LogP contribution in [0.1, 0.15) is 18.2 Å². The van der Waals surface area contributed by atoms with Crippen molar-refractivity contribution >= 4 is 17.7 Å². The van der Waals surface area contributed by atoms with Crippen LogP contribution in [0.2, 0.25) is 0 Å². The molecule has 5 nitrogen and oxygen atoms in total. The highest BCUT2D eigenvalue weighted by Gasteiger charge is 2.07. The predicted molar refractivity (Wildman–Crippen MR) is 52.3 cm³/mol. The summed E-state index contributed by atoms with van der Waals surface area (Å²) in [6.45, 7) is 0. The summed E-state index contributed by atoms with van der Waals surface area (Å²) in [6, 6.07) is 0. The molecule has 0 atom stereocenters. The maximum atomic E-state index is 10.3. The molecule has 6 heteroatoms. The number of hydrogen-bond donors (Lipinski definition) is 1. The fourth-order valence-corrected chi connectivity index (χ4v) is 1.27. The van der Waals surface area contributed by atoms with Gasteiger partial charge in [0.05, 0.1) is 6.42 Å². The second kappa shape index (κ2) is 5.64. The molecule has 0 bridgehead atoms. The van der Waals surface area contributed by atoms with Crippen molar-refractivity contribution in [2.75, 3.05) is 12.0 Å². The lowest BCUT2D eigenvalue weighted by atomic mass is 10.3. The lowest BCUT2D eigenvalue weighted by Gasteiger charge is -1.90. The fourth-order valence-electron chi connectivity index (χ4n) is 0.894. The minimum absolute atomic E-state index is 0.0319. The number of thioether (sulfide) groups is 1. The van der Waals surface area contributed by atoms with Crippen molar-refractivity contribution in [2.45, 2.75) is 19.3 Å². The van der Waals surface area contributed by atoms with Crippen molar-refractivity contribution in [3.05, 3.63) is 11.8 Å². The zero-order chi connectivity index (χ0) is 10.4. The number of aliphatic carboxylic acids is 1. The van der Waals surface area contributed by atoms with E-state index in [9.17, 15) is 4.79 Å². The molecule has 0 aliphatic carbocycles. The van der Waals surface area contributed by atoms with Crippen LogP contribution in [0.3, 0.4) is 0 Å². The second-order valence-corrected chi connectivity index (χ2v) is 3.71. The third-order valence-corrected chi connectivity index (χ3v) is 2.19. The van der Waals surface area contributed by atoms with E-state index in [0.29, 0.717) is 18.2 Å². The molecular formula is C8H12N2O3S. The van der Waals surface area contributed by atoms with E-state index in [-0.39, 0.29) is 6.42 Å². The molecule has 78 valence electrons. The molecule has 0 aromatic carbocycles. The first-order chi connectivity index (χ1) is 6.72. The van der Waals surface area contributed by atoms with Crippen molar-refractivity contribution in [3.8, 4) is 0 Å². The van der Waals surface area contributed by atoms with Gasteiger partial charge in [0.15, 0.2) is 0 Å². The first kappa shape index (κ1) is 11.0. The Balaban J connectivity index is 2.38. The van der Waals surface area contributed by atoms with Gasteiger partial charge in [0.1, 0.15) is 0 Å². The van der Waals surface area contributed by atoms with Crippen molar-refractivity contribution in [2.24, 2.45) is 0 Å². The summed E-state index contributed by atoms with van der Waals surface area (Å²) in [4.78, 5) is 10.3. The third-order valence-electron chi connectivity index (χ3n) is 1.58. The van der Waals surface area contributed by atoms with Gasteiger partial charge in [-0.3, -0.25) is 4.79 Å². The summed E-state index contributed by atoms with van der Waals surface area (Å²) in [5.74, 6) is 1.07. The summed E-state index contributed by atoms with van der Waals surface area (Å²) >= 11 is 1.70. The Morgan fingerprint density at radius 2 is 2.07 bits per heavy atom. The molecule has 0 saturated heterocycles. The normalized spacial score (nSPS) is 10.4. The van der Waals surface area contributed by atoms with Crippen LogP contribution in [0.15, 0.2) is 4.42 Å². The Labute approximate surface area is 85.9 Å². The highest BCUT2D eigenvalue weighted by atomic mass is 32.2. The first-order valence-electron chi connectivity index (χ1n) is 4.24. The number of rotatable bonds is 6. The summed E-state index contributed by atoms with van der Waals surface area (Å²) in [5.41, 5.74) is 0. The first-order valence-corrected chi connectivity index (χ1v) is 5.63. The molecule has 1 N–H and O–H groups in total. The average molecular weight is 216 g/mol. The van der Waals surface area contributed by atoms with Crippen LogP contribution in [0.5, 0.6) is 0 Å². The Hall–Kier alpha value is -1.04. The van der Waals surface area contributed by atoms with Crippen LogP contribution in [-0.4, -0.2) is 33.3 Å². The van der Waals surface area contributed by atoms with Crippen LogP contribution in [0.25, 0.3) is 0 Å². The number of carboxylic acid groups (broad SMARTS) is 1. The maximum Gasteiger partial charge on any atom is 0.303 e. The molecule has 0 saturated carbocycles. The van der Waals surface area contributed by atoms with E-state index in [4.69, 9.17) is 9.52 Å². The van der Waals surface area contributed by atoms with Crippen molar-refractivity contribution in [1.82, 2.24) is 10.2 Å². The zero-order valence-electron chi connectivity index (χ0n) is 7.89. The van der Waals surface area contributed by atoms with Crippen LogP contribution in [0, 0.1) is 0 Å². The van der Waals surface area contributed by atoms with Crippen LogP contribution in [0.4, 0.5) is 0 Å². The monoisotopic (exact) mass is 216 g/mol. The zero-order valence-corrected chi connectivity index (χ0v) is 8.71. The lowest BCUT2D eigenvalue weighted by molar-refractivity contribution is -0.137. The van der Waals surface area contributed by atoms with Gasteiger partial charge in [0.2, 0.25) is 11.8 Å². The van der Waals surface area contributed by atoms with E-state index in [1.165, 1.54) is 0 Å². The molecule has 1 rings (SSSR count). The van der Waals surface area contributed by atoms with E-state index in [1.807, 2.05) is 6.26 Å². The fraction of sp³-hybridized carbons (Fsp3) is 0.625. The minimum Gasteiger partial charge on any atom is -0.481 e. The molecule has 1 heterocycles.